The van der Waals surface area contributed by atoms with E-state index in [1.807, 2.05) is 60.7 Å². The minimum atomic E-state index is -0.423. The van der Waals surface area contributed by atoms with Gasteiger partial charge in [-0.2, -0.15) is 5.10 Å². The van der Waals surface area contributed by atoms with E-state index in [-0.39, 0.29) is 11.9 Å². The highest BCUT2D eigenvalue weighted by Crippen LogP contribution is 2.34. The summed E-state index contributed by atoms with van der Waals surface area (Å²) in [6.07, 6.45) is -0.0501. The molecule has 0 aromatic heterocycles. The number of nitrogens with two attached hydrogens (primary N) is 2. The molecule has 3 aromatic carbocycles. The molecule has 0 aliphatic carbocycles. The predicted octanol–water partition coefficient (Wildman–Crippen LogP) is 3.12. The summed E-state index contributed by atoms with van der Waals surface area (Å²) < 4.78 is 5.55. The monoisotopic (exact) mass is 358 g/mol. The van der Waals surface area contributed by atoms with Gasteiger partial charge in [0.1, 0.15) is 6.10 Å². The largest absolute Gasteiger partial charge is 0.453 e. The van der Waals surface area contributed by atoms with Crippen LogP contribution in [-0.4, -0.2) is 17.6 Å². The molecular weight excluding hydrogens is 340 g/mol. The lowest BCUT2D eigenvalue weighted by atomic mass is 9.96. The van der Waals surface area contributed by atoms with E-state index in [1.165, 1.54) is 0 Å². The van der Waals surface area contributed by atoms with E-state index in [4.69, 9.17) is 16.2 Å². The average Bonchev–Trinajstić information content (AvgIpc) is 3.00. The van der Waals surface area contributed by atoms with Crippen molar-refractivity contribution in [2.24, 2.45) is 21.7 Å². The molecule has 6 heteroatoms. The van der Waals surface area contributed by atoms with Crippen molar-refractivity contribution in [3.05, 3.63) is 83.4 Å². The van der Waals surface area contributed by atoms with Gasteiger partial charge in [0.15, 0.2) is 0 Å². The summed E-state index contributed by atoms with van der Waals surface area (Å²) in [6, 6.07) is 21.4. The zero-order valence-corrected chi connectivity index (χ0v) is 14.5. The fraction of sp³-hybridized carbons (Fsp3) is 0.0952. The van der Waals surface area contributed by atoms with Crippen LogP contribution in [0.1, 0.15) is 34.0 Å². The minimum Gasteiger partial charge on any atom is -0.453 e. The van der Waals surface area contributed by atoms with E-state index in [2.05, 4.69) is 10.2 Å². The highest BCUT2D eigenvalue weighted by atomic mass is 16.5. The zero-order chi connectivity index (χ0) is 18.8. The Morgan fingerprint density at radius 3 is 2.48 bits per heavy atom. The summed E-state index contributed by atoms with van der Waals surface area (Å²) in [6.45, 7) is 0. The van der Waals surface area contributed by atoms with Gasteiger partial charge in [-0.05, 0) is 28.5 Å². The summed E-state index contributed by atoms with van der Waals surface area (Å²) in [4.78, 5) is 12.1. The van der Waals surface area contributed by atoms with Crippen LogP contribution in [0.15, 0.2) is 76.9 Å². The molecule has 134 valence electrons. The maximum absolute atomic E-state index is 12.1. The van der Waals surface area contributed by atoms with Crippen molar-refractivity contribution in [3.63, 3.8) is 0 Å². The van der Waals surface area contributed by atoms with Crippen LogP contribution in [0.4, 0.5) is 0 Å². The third kappa shape index (κ3) is 3.37. The Labute approximate surface area is 156 Å². The Kier molecular flexibility index (Phi) is 4.30. The van der Waals surface area contributed by atoms with E-state index in [9.17, 15) is 4.79 Å². The molecule has 0 spiro atoms. The molecule has 0 fully saturated rings. The maximum Gasteiger partial charge on any atom is 0.339 e. The molecule has 1 heterocycles. The topological polar surface area (TPSA) is 103 Å². The van der Waals surface area contributed by atoms with Crippen LogP contribution in [-0.2, 0) is 4.74 Å². The number of ether oxygens (including phenoxy) is 1. The second-order valence-corrected chi connectivity index (χ2v) is 6.32. The van der Waals surface area contributed by atoms with Gasteiger partial charge in [0.05, 0.1) is 11.3 Å². The molecule has 6 nitrogen and oxygen atoms in total. The van der Waals surface area contributed by atoms with Crippen molar-refractivity contribution in [3.8, 4) is 0 Å². The Morgan fingerprint density at radius 1 is 0.926 bits per heavy atom. The number of carbonyl (C=O) groups excluding carboxylic acids is 1. The summed E-state index contributed by atoms with van der Waals surface area (Å²) in [5.41, 5.74) is 13.9. The van der Waals surface area contributed by atoms with Gasteiger partial charge >= 0.3 is 5.97 Å². The minimum absolute atomic E-state index is 0.128. The predicted molar refractivity (Wildman–Crippen MR) is 106 cm³/mol. The summed E-state index contributed by atoms with van der Waals surface area (Å²) in [7, 11) is 0. The van der Waals surface area contributed by atoms with E-state index in [0.29, 0.717) is 17.7 Å². The summed E-state index contributed by atoms with van der Waals surface area (Å²) >= 11 is 0. The van der Waals surface area contributed by atoms with Crippen LogP contribution in [0.25, 0.3) is 10.8 Å². The third-order valence-corrected chi connectivity index (χ3v) is 4.52. The Hall–Kier alpha value is -3.67. The lowest BCUT2D eigenvalue weighted by molar-refractivity contribution is 0.0400. The lowest BCUT2D eigenvalue weighted by Gasteiger charge is -2.13. The molecule has 0 bridgehead atoms. The smallest absolute Gasteiger partial charge is 0.339 e. The number of rotatable bonds is 4. The fourth-order valence-electron chi connectivity index (χ4n) is 3.25. The van der Waals surface area contributed by atoms with E-state index in [1.54, 1.807) is 6.07 Å². The molecule has 4 rings (SSSR count). The molecule has 3 aromatic rings. The van der Waals surface area contributed by atoms with E-state index in [0.717, 1.165) is 21.9 Å². The molecular formula is C21H18N4O2. The Balaban J connectivity index is 1.73. The summed E-state index contributed by atoms with van der Waals surface area (Å²) in [5, 5.41) is 10.2. The van der Waals surface area contributed by atoms with Crippen molar-refractivity contribution in [2.45, 2.75) is 12.5 Å². The van der Waals surface area contributed by atoms with Gasteiger partial charge in [0, 0.05) is 12.0 Å². The quantitative estimate of drug-likeness (QED) is 0.324. The molecule has 1 unspecified atom stereocenters. The molecule has 4 N–H and O–H groups in total. The van der Waals surface area contributed by atoms with Gasteiger partial charge in [0.2, 0.25) is 5.96 Å². The molecule has 27 heavy (non-hydrogen) atoms. The van der Waals surface area contributed by atoms with Gasteiger partial charge in [-0.1, -0.05) is 54.6 Å². The number of fused-ring (bicyclic) bond motifs is 2. The molecule has 1 aliphatic heterocycles. The number of esters is 1. The zero-order valence-electron chi connectivity index (χ0n) is 14.5. The van der Waals surface area contributed by atoms with Crippen LogP contribution in [0.2, 0.25) is 0 Å². The van der Waals surface area contributed by atoms with Crippen molar-refractivity contribution < 1.29 is 9.53 Å². The SMILES string of the molecule is NC(N)=N/N=C(/CC1OC(=O)c2ccccc21)c1ccc2ccccc2c1. The van der Waals surface area contributed by atoms with Gasteiger partial charge in [-0.25, -0.2) is 4.79 Å². The number of hydrogen-bond donors (Lipinski definition) is 2. The second-order valence-electron chi connectivity index (χ2n) is 6.32. The van der Waals surface area contributed by atoms with Crippen molar-refractivity contribution in [1.29, 1.82) is 0 Å². The molecule has 1 aliphatic rings. The number of cyclic esters (lactones) is 1. The fourth-order valence-corrected chi connectivity index (χ4v) is 3.25. The van der Waals surface area contributed by atoms with Crippen molar-refractivity contribution >= 4 is 28.4 Å². The number of benzene rings is 3. The number of hydrogen-bond acceptors (Lipinski definition) is 4. The highest BCUT2D eigenvalue weighted by Gasteiger charge is 2.31. The molecule has 0 saturated carbocycles. The first-order chi connectivity index (χ1) is 13.1. The lowest BCUT2D eigenvalue weighted by Crippen LogP contribution is -2.22. The van der Waals surface area contributed by atoms with Gasteiger partial charge < -0.3 is 16.2 Å². The number of guanidine groups is 1. The molecule has 0 amide bonds. The van der Waals surface area contributed by atoms with Crippen LogP contribution < -0.4 is 11.5 Å². The third-order valence-electron chi connectivity index (χ3n) is 4.52. The van der Waals surface area contributed by atoms with Crippen molar-refractivity contribution in [1.82, 2.24) is 0 Å². The first-order valence-corrected chi connectivity index (χ1v) is 8.56. The van der Waals surface area contributed by atoms with Crippen LogP contribution in [0.5, 0.6) is 0 Å². The van der Waals surface area contributed by atoms with Crippen LogP contribution in [0, 0.1) is 0 Å². The molecule has 0 saturated heterocycles. The van der Waals surface area contributed by atoms with Gasteiger partial charge in [0.25, 0.3) is 0 Å². The first kappa shape index (κ1) is 16.8. The highest BCUT2D eigenvalue weighted by molar-refractivity contribution is 6.05. The summed E-state index contributed by atoms with van der Waals surface area (Å²) in [5.74, 6) is -0.451. The Bertz CT molecular complexity index is 1080. The standard InChI is InChI=1S/C21H18N4O2/c22-21(23)25-24-18(15-10-9-13-5-1-2-6-14(13)11-15)12-19-16-7-3-4-8-17(16)20(26)27-19/h1-11,19H,12H2,(H4,22,23,25)/b24-18-. The molecule has 1 atom stereocenters. The Morgan fingerprint density at radius 2 is 1.67 bits per heavy atom. The van der Waals surface area contributed by atoms with Gasteiger partial charge in [-0.15, -0.1) is 5.10 Å². The normalized spacial score (nSPS) is 16.1. The maximum atomic E-state index is 12.1. The van der Waals surface area contributed by atoms with Crippen LogP contribution in [0.3, 0.4) is 0 Å². The molecule has 0 radical (unpaired) electrons. The number of nitrogens with zero attached hydrogens (tertiary/aromatic N) is 2. The first-order valence-electron chi connectivity index (χ1n) is 8.56. The number of carbonyl (C=O) groups is 1. The van der Waals surface area contributed by atoms with Crippen LogP contribution >= 0.6 is 0 Å². The van der Waals surface area contributed by atoms with Gasteiger partial charge in [-0.3, -0.25) is 0 Å². The van der Waals surface area contributed by atoms with E-state index < -0.39 is 6.10 Å². The van der Waals surface area contributed by atoms with E-state index >= 15 is 0 Å². The van der Waals surface area contributed by atoms with Crippen molar-refractivity contribution in [2.75, 3.05) is 0 Å². The average molecular weight is 358 g/mol. The second kappa shape index (κ2) is 6.92.